The summed E-state index contributed by atoms with van der Waals surface area (Å²) in [5.74, 6) is -2.28. The molecule has 7 heteroatoms. The minimum absolute atomic E-state index is 0.190. The molecule has 182 valence electrons. The first-order chi connectivity index (χ1) is 16.1. The predicted octanol–water partition coefficient (Wildman–Crippen LogP) is 4.14. The van der Waals surface area contributed by atoms with Crippen molar-refractivity contribution >= 4 is 28.5 Å². The number of hydrogen-bond donors (Lipinski definition) is 0. The molecule has 0 aliphatic carbocycles. The van der Waals surface area contributed by atoms with Gasteiger partial charge < -0.3 is 18.9 Å². The Morgan fingerprint density at radius 1 is 1.09 bits per heavy atom. The van der Waals surface area contributed by atoms with Gasteiger partial charge in [0.25, 0.3) is 0 Å². The Balaban J connectivity index is 1.54. The van der Waals surface area contributed by atoms with Gasteiger partial charge in [-0.25, -0.2) is 4.79 Å². The van der Waals surface area contributed by atoms with E-state index >= 15 is 0 Å². The summed E-state index contributed by atoms with van der Waals surface area (Å²) in [5.41, 5.74) is -0.421. The Morgan fingerprint density at radius 3 is 2.53 bits per heavy atom. The molecule has 7 nitrogen and oxygen atoms in total. The normalized spacial score (nSPS) is 24.9. The van der Waals surface area contributed by atoms with E-state index in [1.807, 2.05) is 49.4 Å². The molecular weight excluding hydrogens is 436 g/mol. The molecule has 0 aromatic heterocycles. The number of carbonyl (C=O) groups excluding carboxylic acids is 3. The molecule has 0 radical (unpaired) electrons. The first kappa shape index (κ1) is 24.4. The third-order valence-electron chi connectivity index (χ3n) is 6.72. The van der Waals surface area contributed by atoms with Gasteiger partial charge >= 0.3 is 11.9 Å². The molecule has 2 fully saturated rings. The molecule has 2 aliphatic rings. The quantitative estimate of drug-likeness (QED) is 0.404. The van der Waals surface area contributed by atoms with Gasteiger partial charge in [-0.1, -0.05) is 62.2 Å². The lowest BCUT2D eigenvalue weighted by molar-refractivity contribution is -0.192. The summed E-state index contributed by atoms with van der Waals surface area (Å²) in [6, 6.07) is 13.9. The van der Waals surface area contributed by atoms with E-state index in [0.29, 0.717) is 12.8 Å². The van der Waals surface area contributed by atoms with Crippen molar-refractivity contribution in [3.63, 3.8) is 0 Å². The highest BCUT2D eigenvalue weighted by atomic mass is 16.8. The smallest absolute Gasteiger partial charge is 0.338 e. The third kappa shape index (κ3) is 4.72. The standard InChI is InChI=1S/C27H32O7/c1-5-6-13-27(17(2)28,15-18-11-12-19-9-7-8-10-20(19)14-18)25(30)31-16-21-22-23(24(29)32-21)34-26(3,4)33-22/h7-12,14,21-23H,5-6,13,15-16H2,1-4H3/t21-,22-,23-,27-/m1/s1. The van der Waals surface area contributed by atoms with Gasteiger partial charge in [0.15, 0.2) is 18.0 Å². The highest BCUT2D eigenvalue weighted by Gasteiger charge is 2.56. The number of ether oxygens (including phenoxy) is 4. The largest absolute Gasteiger partial charge is 0.461 e. The van der Waals surface area contributed by atoms with E-state index in [1.54, 1.807) is 13.8 Å². The van der Waals surface area contributed by atoms with Gasteiger partial charge in [0.05, 0.1) is 0 Å². The number of hydrogen-bond acceptors (Lipinski definition) is 7. The van der Waals surface area contributed by atoms with Crippen LogP contribution in [0.15, 0.2) is 42.5 Å². The van der Waals surface area contributed by atoms with E-state index in [9.17, 15) is 14.4 Å². The van der Waals surface area contributed by atoms with Crippen LogP contribution in [0.4, 0.5) is 0 Å². The van der Waals surface area contributed by atoms with Crippen LogP contribution in [0.2, 0.25) is 0 Å². The van der Waals surface area contributed by atoms with Crippen LogP contribution in [0.1, 0.15) is 52.5 Å². The predicted molar refractivity (Wildman–Crippen MR) is 125 cm³/mol. The zero-order valence-corrected chi connectivity index (χ0v) is 20.2. The molecule has 0 spiro atoms. The Hall–Kier alpha value is -2.77. The summed E-state index contributed by atoms with van der Waals surface area (Å²) >= 11 is 0. The zero-order chi connectivity index (χ0) is 24.5. The second kappa shape index (κ2) is 9.47. The lowest BCUT2D eigenvalue weighted by Crippen LogP contribution is -2.43. The van der Waals surface area contributed by atoms with Crippen molar-refractivity contribution in [1.29, 1.82) is 0 Å². The fraction of sp³-hybridized carbons (Fsp3) is 0.519. The van der Waals surface area contributed by atoms with Crippen molar-refractivity contribution in [3.05, 3.63) is 48.0 Å². The van der Waals surface area contributed by atoms with E-state index in [-0.39, 0.29) is 18.8 Å². The molecule has 2 aromatic rings. The summed E-state index contributed by atoms with van der Waals surface area (Å²) in [6.45, 7) is 6.71. The number of unbranched alkanes of at least 4 members (excludes halogenated alkanes) is 1. The van der Waals surface area contributed by atoms with Crippen molar-refractivity contribution in [2.24, 2.45) is 5.41 Å². The van der Waals surface area contributed by atoms with Crippen LogP contribution in [0, 0.1) is 5.41 Å². The Kier molecular flexibility index (Phi) is 6.78. The van der Waals surface area contributed by atoms with Crippen molar-refractivity contribution < 1.29 is 33.3 Å². The van der Waals surface area contributed by atoms with E-state index in [1.165, 1.54) is 6.92 Å². The highest BCUT2D eigenvalue weighted by molar-refractivity contribution is 6.03. The van der Waals surface area contributed by atoms with Crippen LogP contribution in [0.5, 0.6) is 0 Å². The number of ketones is 1. The number of fused-ring (bicyclic) bond motifs is 2. The fourth-order valence-corrected chi connectivity index (χ4v) is 4.83. The number of cyclic esters (lactones) is 1. The molecule has 34 heavy (non-hydrogen) atoms. The number of carbonyl (C=O) groups is 3. The van der Waals surface area contributed by atoms with E-state index in [2.05, 4.69) is 0 Å². The third-order valence-corrected chi connectivity index (χ3v) is 6.72. The van der Waals surface area contributed by atoms with Gasteiger partial charge in [0.1, 0.15) is 23.9 Å². The molecule has 2 heterocycles. The van der Waals surface area contributed by atoms with Crippen molar-refractivity contribution in [3.8, 4) is 0 Å². The molecule has 0 saturated carbocycles. The number of Topliss-reactive ketones (excluding diaryl/α,β-unsaturated/α-hetero) is 1. The minimum Gasteiger partial charge on any atom is -0.461 e. The maximum absolute atomic E-state index is 13.5. The minimum atomic E-state index is -1.31. The molecule has 0 N–H and O–H groups in total. The summed E-state index contributed by atoms with van der Waals surface area (Å²) in [5, 5.41) is 2.14. The molecule has 0 bridgehead atoms. The van der Waals surface area contributed by atoms with E-state index in [0.717, 1.165) is 22.8 Å². The Labute approximate surface area is 199 Å². The maximum atomic E-state index is 13.5. The second-order valence-electron chi connectivity index (χ2n) is 9.69. The van der Waals surface area contributed by atoms with Gasteiger partial charge in [-0.15, -0.1) is 0 Å². The monoisotopic (exact) mass is 468 g/mol. The number of esters is 2. The van der Waals surface area contributed by atoms with Crippen LogP contribution in [0.3, 0.4) is 0 Å². The summed E-state index contributed by atoms with van der Waals surface area (Å²) in [4.78, 5) is 38.6. The van der Waals surface area contributed by atoms with Crippen LogP contribution in [-0.4, -0.2) is 48.4 Å². The van der Waals surface area contributed by atoms with Crippen LogP contribution in [-0.2, 0) is 39.8 Å². The Bertz CT molecular complexity index is 1090. The second-order valence-corrected chi connectivity index (χ2v) is 9.69. The van der Waals surface area contributed by atoms with Crippen LogP contribution < -0.4 is 0 Å². The Morgan fingerprint density at radius 2 is 1.82 bits per heavy atom. The van der Waals surface area contributed by atoms with Gasteiger partial charge in [0.2, 0.25) is 0 Å². The van der Waals surface area contributed by atoms with Gasteiger partial charge in [-0.3, -0.25) is 9.59 Å². The first-order valence-corrected chi connectivity index (χ1v) is 11.9. The molecule has 2 aromatic carbocycles. The molecule has 4 atom stereocenters. The van der Waals surface area contributed by atoms with E-state index < -0.39 is 41.5 Å². The van der Waals surface area contributed by atoms with Crippen LogP contribution in [0.25, 0.3) is 10.8 Å². The zero-order valence-electron chi connectivity index (χ0n) is 20.2. The molecule has 2 saturated heterocycles. The van der Waals surface area contributed by atoms with Crippen LogP contribution >= 0.6 is 0 Å². The average Bonchev–Trinajstić information content (AvgIpc) is 3.27. The molecule has 0 amide bonds. The van der Waals surface area contributed by atoms with Crippen molar-refractivity contribution in [2.75, 3.05) is 6.61 Å². The first-order valence-electron chi connectivity index (χ1n) is 11.9. The lowest BCUT2D eigenvalue weighted by Gasteiger charge is -2.30. The number of benzene rings is 2. The van der Waals surface area contributed by atoms with Gasteiger partial charge in [-0.2, -0.15) is 0 Å². The lowest BCUT2D eigenvalue weighted by atomic mass is 9.74. The van der Waals surface area contributed by atoms with E-state index in [4.69, 9.17) is 18.9 Å². The molecular formula is C27H32O7. The van der Waals surface area contributed by atoms with Gasteiger partial charge in [0, 0.05) is 0 Å². The summed E-state index contributed by atoms with van der Waals surface area (Å²) in [7, 11) is 0. The molecule has 2 aliphatic heterocycles. The summed E-state index contributed by atoms with van der Waals surface area (Å²) in [6.07, 6.45) is -0.101. The summed E-state index contributed by atoms with van der Waals surface area (Å²) < 4.78 is 22.4. The topological polar surface area (TPSA) is 88.1 Å². The molecule has 0 unspecified atom stereocenters. The number of rotatable bonds is 9. The van der Waals surface area contributed by atoms with Crippen molar-refractivity contribution in [1.82, 2.24) is 0 Å². The average molecular weight is 469 g/mol. The maximum Gasteiger partial charge on any atom is 0.338 e. The van der Waals surface area contributed by atoms with Crippen molar-refractivity contribution in [2.45, 2.75) is 77.5 Å². The SMILES string of the molecule is CCCC[C@@](Cc1ccc2ccccc2c1)(C(C)=O)C(=O)OC[C@H]1OC(=O)[C@@H]2OC(C)(C)O[C@H]12. The fourth-order valence-electron chi connectivity index (χ4n) is 4.83. The van der Waals surface area contributed by atoms with Gasteiger partial charge in [-0.05, 0) is 49.9 Å². The highest BCUT2D eigenvalue weighted by Crippen LogP contribution is 2.37. The molecule has 4 rings (SSSR count).